The number of fused-ring (bicyclic) bond motifs is 1. The van der Waals surface area contributed by atoms with E-state index in [2.05, 4.69) is 11.4 Å². The number of amides is 2. The first-order chi connectivity index (χ1) is 14.1. The third-order valence-corrected chi connectivity index (χ3v) is 6.05. The van der Waals surface area contributed by atoms with Crippen molar-refractivity contribution in [2.45, 2.75) is 11.3 Å². The summed E-state index contributed by atoms with van der Waals surface area (Å²) in [5.41, 5.74) is 3.36. The highest BCUT2D eigenvalue weighted by Gasteiger charge is 2.24. The van der Waals surface area contributed by atoms with Crippen LogP contribution >= 0.6 is 23.4 Å². The fourth-order valence-electron chi connectivity index (χ4n) is 3.36. The average Bonchev–Trinajstić information content (AvgIpc) is 3.16. The predicted molar refractivity (Wildman–Crippen MR) is 119 cm³/mol. The molecule has 6 heteroatoms. The molecule has 0 fully saturated rings. The number of hydrogen-bond acceptors (Lipinski definition) is 3. The van der Waals surface area contributed by atoms with Gasteiger partial charge in [-0.05, 0) is 48.4 Å². The first kappa shape index (κ1) is 19.6. The normalized spacial score (nSPS) is 12.5. The fourth-order valence-corrected chi connectivity index (χ4v) is 4.48. The maximum Gasteiger partial charge on any atom is 0.256 e. The molecule has 29 heavy (non-hydrogen) atoms. The van der Waals surface area contributed by atoms with Crippen molar-refractivity contribution in [2.24, 2.45) is 0 Å². The average molecular weight is 423 g/mol. The number of thioether (sulfide) groups is 1. The number of nitrogens with zero attached hydrogens (tertiary/aromatic N) is 1. The molecule has 0 aliphatic carbocycles. The molecule has 3 aromatic carbocycles. The number of rotatable bonds is 5. The number of para-hydroxylation sites is 1. The molecule has 3 aromatic rings. The second kappa shape index (κ2) is 8.72. The molecule has 0 saturated heterocycles. The topological polar surface area (TPSA) is 49.4 Å². The molecule has 0 saturated carbocycles. The molecular weight excluding hydrogens is 404 g/mol. The van der Waals surface area contributed by atoms with Crippen molar-refractivity contribution >= 4 is 46.6 Å². The molecule has 0 atom stereocenters. The lowest BCUT2D eigenvalue weighted by Crippen LogP contribution is -2.30. The van der Waals surface area contributed by atoms with Gasteiger partial charge in [-0.25, -0.2) is 0 Å². The quantitative estimate of drug-likeness (QED) is 0.569. The Balaban J connectivity index is 1.45. The second-order valence-electron chi connectivity index (χ2n) is 6.67. The standard InChI is InChI=1S/C23H19ClN2O2S/c24-17-7-5-8-18(14-17)25-23(28)19-9-2-4-11-21(19)29-15-22(27)26-13-12-16-6-1-3-10-20(16)26/h1-11,14H,12-13,15H2,(H,25,28). The van der Waals surface area contributed by atoms with Crippen LogP contribution in [0.15, 0.2) is 77.7 Å². The molecule has 1 N–H and O–H groups in total. The minimum Gasteiger partial charge on any atom is -0.322 e. The minimum absolute atomic E-state index is 0.0463. The minimum atomic E-state index is -0.227. The summed E-state index contributed by atoms with van der Waals surface area (Å²) in [5, 5.41) is 3.42. The molecule has 0 spiro atoms. The van der Waals surface area contributed by atoms with Gasteiger partial charge in [0, 0.05) is 27.8 Å². The molecule has 1 heterocycles. The van der Waals surface area contributed by atoms with Crippen LogP contribution in [-0.2, 0) is 11.2 Å². The summed E-state index contributed by atoms with van der Waals surface area (Å²) in [6.45, 7) is 0.704. The highest BCUT2D eigenvalue weighted by atomic mass is 35.5. The summed E-state index contributed by atoms with van der Waals surface area (Å²) in [4.78, 5) is 28.1. The summed E-state index contributed by atoms with van der Waals surface area (Å²) in [6.07, 6.45) is 0.880. The second-order valence-corrected chi connectivity index (χ2v) is 8.13. The van der Waals surface area contributed by atoms with E-state index in [1.807, 2.05) is 41.3 Å². The molecule has 1 aliphatic rings. The summed E-state index contributed by atoms with van der Waals surface area (Å²) in [6, 6.07) is 22.3. The molecule has 0 aromatic heterocycles. The van der Waals surface area contributed by atoms with Gasteiger partial charge in [-0.1, -0.05) is 48.0 Å². The van der Waals surface area contributed by atoms with Crippen LogP contribution in [0.1, 0.15) is 15.9 Å². The van der Waals surface area contributed by atoms with Gasteiger partial charge < -0.3 is 10.2 Å². The molecule has 1 aliphatic heterocycles. The van der Waals surface area contributed by atoms with Gasteiger partial charge in [-0.2, -0.15) is 0 Å². The Morgan fingerprint density at radius 3 is 2.66 bits per heavy atom. The van der Waals surface area contributed by atoms with E-state index in [0.29, 0.717) is 22.8 Å². The van der Waals surface area contributed by atoms with Crippen molar-refractivity contribution in [1.29, 1.82) is 0 Å². The van der Waals surface area contributed by atoms with Crippen LogP contribution in [0.5, 0.6) is 0 Å². The van der Waals surface area contributed by atoms with E-state index in [9.17, 15) is 9.59 Å². The number of carbonyl (C=O) groups excluding carboxylic acids is 2. The Morgan fingerprint density at radius 1 is 1.00 bits per heavy atom. The van der Waals surface area contributed by atoms with Crippen LogP contribution in [0.25, 0.3) is 0 Å². The van der Waals surface area contributed by atoms with Crippen molar-refractivity contribution < 1.29 is 9.59 Å². The van der Waals surface area contributed by atoms with Gasteiger partial charge in [0.15, 0.2) is 0 Å². The smallest absolute Gasteiger partial charge is 0.256 e. The van der Waals surface area contributed by atoms with Crippen molar-refractivity contribution in [1.82, 2.24) is 0 Å². The van der Waals surface area contributed by atoms with Gasteiger partial charge in [-0.3, -0.25) is 9.59 Å². The maximum atomic E-state index is 12.8. The molecule has 2 amide bonds. The van der Waals surface area contributed by atoms with Crippen molar-refractivity contribution in [3.05, 3.63) is 88.9 Å². The number of halogens is 1. The van der Waals surface area contributed by atoms with Crippen LogP contribution < -0.4 is 10.2 Å². The van der Waals surface area contributed by atoms with E-state index in [1.165, 1.54) is 17.3 Å². The summed E-state index contributed by atoms with van der Waals surface area (Å²) < 4.78 is 0. The van der Waals surface area contributed by atoms with Crippen LogP contribution in [0.3, 0.4) is 0 Å². The first-order valence-electron chi connectivity index (χ1n) is 9.29. The fraction of sp³-hybridized carbons (Fsp3) is 0.130. The lowest BCUT2D eigenvalue weighted by Gasteiger charge is -2.17. The molecule has 0 bridgehead atoms. The van der Waals surface area contributed by atoms with Gasteiger partial charge in [0.2, 0.25) is 5.91 Å². The van der Waals surface area contributed by atoms with Gasteiger partial charge in [0.1, 0.15) is 0 Å². The van der Waals surface area contributed by atoms with Crippen molar-refractivity contribution in [3.8, 4) is 0 Å². The van der Waals surface area contributed by atoms with Crippen LogP contribution in [0.2, 0.25) is 5.02 Å². The number of hydrogen-bond donors (Lipinski definition) is 1. The molecule has 146 valence electrons. The third kappa shape index (κ3) is 4.47. The Kier molecular flexibility index (Phi) is 5.88. The third-order valence-electron chi connectivity index (χ3n) is 4.75. The van der Waals surface area contributed by atoms with Gasteiger partial charge in [0.25, 0.3) is 5.91 Å². The van der Waals surface area contributed by atoms with Crippen molar-refractivity contribution in [3.63, 3.8) is 0 Å². The summed E-state index contributed by atoms with van der Waals surface area (Å²) in [5.74, 6) is 0.0924. The van der Waals surface area contributed by atoms with E-state index in [0.717, 1.165) is 17.0 Å². The zero-order chi connectivity index (χ0) is 20.2. The van der Waals surface area contributed by atoms with Gasteiger partial charge in [0.05, 0.1) is 11.3 Å². The number of anilines is 2. The Bertz CT molecular complexity index is 1070. The van der Waals surface area contributed by atoms with E-state index in [-0.39, 0.29) is 17.6 Å². The van der Waals surface area contributed by atoms with E-state index in [4.69, 9.17) is 11.6 Å². The summed E-state index contributed by atoms with van der Waals surface area (Å²) in [7, 11) is 0. The first-order valence-corrected chi connectivity index (χ1v) is 10.7. The zero-order valence-corrected chi connectivity index (χ0v) is 17.2. The molecular formula is C23H19ClN2O2S. The lowest BCUT2D eigenvalue weighted by molar-refractivity contribution is -0.116. The van der Waals surface area contributed by atoms with E-state index in [1.54, 1.807) is 30.3 Å². The van der Waals surface area contributed by atoms with Crippen LogP contribution in [0.4, 0.5) is 11.4 Å². The van der Waals surface area contributed by atoms with Gasteiger partial charge in [-0.15, -0.1) is 11.8 Å². The Hall–Kier alpha value is -2.76. The number of benzene rings is 3. The van der Waals surface area contributed by atoms with E-state index < -0.39 is 0 Å². The monoisotopic (exact) mass is 422 g/mol. The Morgan fingerprint density at radius 2 is 1.79 bits per heavy atom. The maximum absolute atomic E-state index is 12.8. The molecule has 0 unspecified atom stereocenters. The van der Waals surface area contributed by atoms with Crippen molar-refractivity contribution in [2.75, 3.05) is 22.5 Å². The van der Waals surface area contributed by atoms with E-state index >= 15 is 0 Å². The Labute approximate surface area is 178 Å². The zero-order valence-electron chi connectivity index (χ0n) is 15.6. The highest BCUT2D eigenvalue weighted by Crippen LogP contribution is 2.30. The van der Waals surface area contributed by atoms with Gasteiger partial charge >= 0.3 is 0 Å². The largest absolute Gasteiger partial charge is 0.322 e. The molecule has 4 rings (SSSR count). The molecule has 4 nitrogen and oxygen atoms in total. The molecule has 0 radical (unpaired) electrons. The predicted octanol–water partition coefficient (Wildman–Crippen LogP) is 5.27. The number of nitrogens with one attached hydrogen (secondary N) is 1. The van der Waals surface area contributed by atoms with Crippen LogP contribution in [-0.4, -0.2) is 24.1 Å². The highest BCUT2D eigenvalue weighted by molar-refractivity contribution is 8.00. The SMILES string of the molecule is O=C(Nc1cccc(Cl)c1)c1ccccc1SCC(=O)N1CCc2ccccc21. The summed E-state index contributed by atoms with van der Waals surface area (Å²) >= 11 is 7.37. The number of carbonyl (C=O) groups is 2. The lowest BCUT2D eigenvalue weighted by atomic mass is 10.2. The van der Waals surface area contributed by atoms with Crippen LogP contribution in [0, 0.1) is 0 Å².